The molecule has 0 fully saturated rings. The standard InChI is InChI=1S/C22H17NO3S/c1-15-4-6-17(7-5-15)14-25-18-10-8-16(9-11-18)13-19-22(24)26-21(23-19)20-3-2-12-27-20/h2-13H,14H2,1H3/b19-13+. The summed E-state index contributed by atoms with van der Waals surface area (Å²) in [5.41, 5.74) is 3.51. The smallest absolute Gasteiger partial charge is 0.363 e. The number of aliphatic imine (C=N–C) groups is 1. The Morgan fingerprint density at radius 3 is 2.56 bits per heavy atom. The monoisotopic (exact) mass is 375 g/mol. The van der Waals surface area contributed by atoms with Gasteiger partial charge in [-0.05, 0) is 47.7 Å². The highest BCUT2D eigenvalue weighted by Crippen LogP contribution is 2.22. The van der Waals surface area contributed by atoms with E-state index in [1.54, 1.807) is 6.08 Å². The molecule has 27 heavy (non-hydrogen) atoms. The van der Waals surface area contributed by atoms with E-state index in [1.165, 1.54) is 16.9 Å². The molecular weight excluding hydrogens is 358 g/mol. The Morgan fingerprint density at radius 1 is 1.07 bits per heavy atom. The van der Waals surface area contributed by atoms with E-state index in [1.807, 2.05) is 41.8 Å². The van der Waals surface area contributed by atoms with Gasteiger partial charge in [-0.3, -0.25) is 0 Å². The molecule has 2 aromatic carbocycles. The van der Waals surface area contributed by atoms with Crippen LogP contribution in [-0.4, -0.2) is 11.9 Å². The molecule has 0 bridgehead atoms. The first-order valence-corrected chi connectivity index (χ1v) is 9.40. The average molecular weight is 375 g/mol. The Labute approximate surface area is 161 Å². The van der Waals surface area contributed by atoms with Gasteiger partial charge in [0.25, 0.3) is 0 Å². The van der Waals surface area contributed by atoms with Crippen molar-refractivity contribution in [2.75, 3.05) is 0 Å². The van der Waals surface area contributed by atoms with Crippen molar-refractivity contribution in [3.05, 3.63) is 93.3 Å². The summed E-state index contributed by atoms with van der Waals surface area (Å²) < 4.78 is 11.0. The molecule has 1 aliphatic heterocycles. The zero-order valence-corrected chi connectivity index (χ0v) is 15.5. The lowest BCUT2D eigenvalue weighted by Crippen LogP contribution is -2.03. The number of ether oxygens (including phenoxy) is 2. The molecule has 134 valence electrons. The zero-order valence-electron chi connectivity index (χ0n) is 14.7. The highest BCUT2D eigenvalue weighted by Gasteiger charge is 2.24. The molecule has 3 aromatic rings. The summed E-state index contributed by atoms with van der Waals surface area (Å²) in [5.74, 6) is 0.701. The van der Waals surface area contributed by atoms with Gasteiger partial charge in [-0.1, -0.05) is 48.0 Å². The van der Waals surface area contributed by atoms with Crippen LogP contribution in [0.25, 0.3) is 6.08 Å². The van der Waals surface area contributed by atoms with E-state index in [2.05, 4.69) is 36.2 Å². The quantitative estimate of drug-likeness (QED) is 0.467. The Bertz CT molecular complexity index is 1000. The van der Waals surface area contributed by atoms with Crippen LogP contribution < -0.4 is 4.74 Å². The first-order chi connectivity index (χ1) is 13.2. The third kappa shape index (κ3) is 4.15. The van der Waals surface area contributed by atoms with E-state index in [9.17, 15) is 4.79 Å². The van der Waals surface area contributed by atoms with Gasteiger partial charge in [0.2, 0.25) is 5.90 Å². The highest BCUT2D eigenvalue weighted by atomic mass is 32.1. The number of benzene rings is 2. The number of rotatable bonds is 5. The summed E-state index contributed by atoms with van der Waals surface area (Å²) in [5, 5.41) is 1.92. The second-order valence-electron chi connectivity index (χ2n) is 6.16. The predicted molar refractivity (Wildman–Crippen MR) is 107 cm³/mol. The number of nitrogens with zero attached hydrogens (tertiary/aromatic N) is 1. The van der Waals surface area contributed by atoms with Gasteiger partial charge in [-0.2, -0.15) is 0 Å². The first-order valence-electron chi connectivity index (χ1n) is 8.52. The maximum absolute atomic E-state index is 12.0. The molecule has 0 atom stereocenters. The second kappa shape index (κ2) is 7.60. The Hall–Kier alpha value is -3.18. The summed E-state index contributed by atoms with van der Waals surface area (Å²) in [6.07, 6.45) is 1.71. The van der Waals surface area contributed by atoms with Gasteiger partial charge < -0.3 is 9.47 Å². The molecule has 0 N–H and O–H groups in total. The zero-order chi connectivity index (χ0) is 18.6. The first kappa shape index (κ1) is 17.2. The van der Waals surface area contributed by atoms with Crippen molar-refractivity contribution in [3.8, 4) is 5.75 Å². The maximum Gasteiger partial charge on any atom is 0.363 e. The van der Waals surface area contributed by atoms with E-state index in [-0.39, 0.29) is 0 Å². The normalized spacial score (nSPS) is 14.9. The van der Waals surface area contributed by atoms with Gasteiger partial charge in [0.15, 0.2) is 5.70 Å². The van der Waals surface area contributed by atoms with E-state index in [0.29, 0.717) is 18.2 Å². The van der Waals surface area contributed by atoms with Crippen LogP contribution >= 0.6 is 11.3 Å². The number of hydrogen-bond donors (Lipinski definition) is 0. The molecule has 1 aliphatic rings. The van der Waals surface area contributed by atoms with Gasteiger partial charge in [0.05, 0.1) is 4.88 Å². The number of esters is 1. The van der Waals surface area contributed by atoms with Crippen LogP contribution in [-0.2, 0) is 16.1 Å². The van der Waals surface area contributed by atoms with Crippen molar-refractivity contribution < 1.29 is 14.3 Å². The van der Waals surface area contributed by atoms with Crippen molar-refractivity contribution in [1.82, 2.24) is 0 Å². The van der Waals surface area contributed by atoms with Crippen LogP contribution in [0.15, 0.2) is 76.7 Å². The molecule has 0 aliphatic carbocycles. The predicted octanol–water partition coefficient (Wildman–Crippen LogP) is 4.98. The van der Waals surface area contributed by atoms with Crippen molar-refractivity contribution in [2.45, 2.75) is 13.5 Å². The van der Waals surface area contributed by atoms with Gasteiger partial charge in [0.1, 0.15) is 12.4 Å². The Morgan fingerprint density at radius 2 is 1.85 bits per heavy atom. The Balaban J connectivity index is 1.43. The van der Waals surface area contributed by atoms with Gasteiger partial charge in [-0.25, -0.2) is 9.79 Å². The molecule has 0 saturated carbocycles. The van der Waals surface area contributed by atoms with Gasteiger partial charge in [-0.15, -0.1) is 11.3 Å². The van der Waals surface area contributed by atoms with Crippen LogP contribution in [0.3, 0.4) is 0 Å². The fraction of sp³-hybridized carbons (Fsp3) is 0.0909. The van der Waals surface area contributed by atoms with Crippen LogP contribution in [0.1, 0.15) is 21.6 Å². The number of thiophene rings is 1. The molecule has 0 saturated heterocycles. The molecule has 0 spiro atoms. The van der Waals surface area contributed by atoms with E-state index >= 15 is 0 Å². The highest BCUT2D eigenvalue weighted by molar-refractivity contribution is 7.12. The van der Waals surface area contributed by atoms with Crippen molar-refractivity contribution >= 4 is 29.3 Å². The molecule has 5 heteroatoms. The molecular formula is C22H17NO3S. The van der Waals surface area contributed by atoms with Crippen LogP contribution in [0.5, 0.6) is 5.75 Å². The second-order valence-corrected chi connectivity index (χ2v) is 7.10. The van der Waals surface area contributed by atoms with Crippen LogP contribution in [0.4, 0.5) is 0 Å². The summed E-state index contributed by atoms with van der Waals surface area (Å²) in [7, 11) is 0. The number of aryl methyl sites for hydroxylation is 1. The largest absolute Gasteiger partial charge is 0.489 e. The van der Waals surface area contributed by atoms with E-state index in [4.69, 9.17) is 9.47 Å². The molecule has 1 aromatic heterocycles. The molecule has 0 amide bonds. The maximum atomic E-state index is 12.0. The molecule has 4 rings (SSSR count). The number of carbonyl (C=O) groups excluding carboxylic acids is 1. The minimum absolute atomic E-state index is 0.298. The summed E-state index contributed by atoms with van der Waals surface area (Å²) >= 11 is 1.49. The lowest BCUT2D eigenvalue weighted by atomic mass is 10.1. The lowest BCUT2D eigenvalue weighted by molar-refractivity contribution is -0.129. The summed E-state index contributed by atoms with van der Waals surface area (Å²) in [6.45, 7) is 2.58. The van der Waals surface area contributed by atoms with Crippen LogP contribution in [0, 0.1) is 6.92 Å². The van der Waals surface area contributed by atoms with Gasteiger partial charge in [0, 0.05) is 0 Å². The third-order valence-electron chi connectivity index (χ3n) is 4.06. The van der Waals surface area contributed by atoms with Crippen molar-refractivity contribution in [3.63, 3.8) is 0 Å². The van der Waals surface area contributed by atoms with Gasteiger partial charge >= 0.3 is 5.97 Å². The minimum atomic E-state index is -0.432. The molecule has 2 heterocycles. The lowest BCUT2D eigenvalue weighted by Gasteiger charge is -2.07. The number of carbonyl (C=O) groups is 1. The summed E-state index contributed by atoms with van der Waals surface area (Å²) in [4.78, 5) is 17.1. The molecule has 0 unspecified atom stereocenters. The SMILES string of the molecule is Cc1ccc(COc2ccc(/C=C3/N=C(c4cccs4)OC3=O)cc2)cc1. The fourth-order valence-electron chi connectivity index (χ4n) is 2.58. The molecule has 0 radical (unpaired) electrons. The third-order valence-corrected chi connectivity index (χ3v) is 4.92. The minimum Gasteiger partial charge on any atom is -0.489 e. The van der Waals surface area contributed by atoms with E-state index < -0.39 is 5.97 Å². The Kier molecular flexibility index (Phi) is 4.85. The average Bonchev–Trinajstić information content (AvgIpc) is 3.33. The van der Waals surface area contributed by atoms with Crippen LogP contribution in [0.2, 0.25) is 0 Å². The topological polar surface area (TPSA) is 47.9 Å². The van der Waals surface area contributed by atoms with E-state index in [0.717, 1.165) is 21.8 Å². The number of hydrogen-bond acceptors (Lipinski definition) is 5. The van der Waals surface area contributed by atoms with Crippen molar-refractivity contribution in [2.24, 2.45) is 4.99 Å². The number of cyclic esters (lactones) is 1. The van der Waals surface area contributed by atoms with Crippen molar-refractivity contribution in [1.29, 1.82) is 0 Å². The summed E-state index contributed by atoms with van der Waals surface area (Å²) in [6, 6.07) is 19.6. The fourth-order valence-corrected chi connectivity index (χ4v) is 3.23. The molecule has 4 nitrogen and oxygen atoms in total.